The van der Waals surface area contributed by atoms with Crippen LogP contribution in [0.3, 0.4) is 0 Å². The predicted octanol–water partition coefficient (Wildman–Crippen LogP) is 2.49. The van der Waals surface area contributed by atoms with Gasteiger partial charge in [-0.15, -0.1) is 11.3 Å². The second kappa shape index (κ2) is 14.1. The molecule has 0 aliphatic carbocycles. The van der Waals surface area contributed by atoms with Crippen LogP contribution in [0.5, 0.6) is 11.5 Å². The molecule has 6 rings (SSSR count). The first kappa shape index (κ1) is 32.6. The van der Waals surface area contributed by atoms with Crippen molar-refractivity contribution in [2.75, 3.05) is 14.2 Å². The second-order valence-electron chi connectivity index (χ2n) is 10.4. The number of fused-ring (bicyclic) bond motifs is 1. The van der Waals surface area contributed by atoms with Crippen LogP contribution in [0.2, 0.25) is 0 Å². The largest absolute Gasteiger partial charge is 1.00 e. The van der Waals surface area contributed by atoms with Gasteiger partial charge in [-0.2, -0.15) is 0 Å². The molecule has 0 radical (unpaired) electrons. The lowest BCUT2D eigenvalue weighted by Gasteiger charge is -2.14. The Labute approximate surface area is 273 Å². The summed E-state index contributed by atoms with van der Waals surface area (Å²) in [5.41, 5.74) is 1.44. The van der Waals surface area contributed by atoms with E-state index in [0.717, 1.165) is 38.3 Å². The molecule has 11 heteroatoms. The summed E-state index contributed by atoms with van der Waals surface area (Å²) in [6.45, 7) is 0.661. The van der Waals surface area contributed by atoms with E-state index in [0.29, 0.717) is 34.8 Å². The Morgan fingerprint density at radius 3 is 2.11 bits per heavy atom. The quantitative estimate of drug-likeness (QED) is 0.245. The fourth-order valence-corrected chi connectivity index (χ4v) is 6.72. The number of ether oxygens (including phenoxy) is 2. The van der Waals surface area contributed by atoms with Crippen LogP contribution < -0.4 is 38.4 Å². The Bertz CT molecular complexity index is 2090. The third-order valence-corrected chi connectivity index (χ3v) is 8.99. The lowest BCUT2D eigenvalue weighted by Crippen LogP contribution is -3.00. The van der Waals surface area contributed by atoms with E-state index in [9.17, 15) is 18.4 Å². The number of hydrogen-bond acceptors (Lipinski definition) is 5. The number of nitrogens with zero attached hydrogens (tertiary/aromatic N) is 2. The summed E-state index contributed by atoms with van der Waals surface area (Å²) < 4.78 is 43.0. The number of nitrogens with two attached hydrogens (primary N) is 1. The van der Waals surface area contributed by atoms with Crippen molar-refractivity contribution >= 4 is 21.6 Å². The zero-order valence-corrected chi connectivity index (χ0v) is 26.6. The molecule has 0 aliphatic rings. The van der Waals surface area contributed by atoms with E-state index in [4.69, 9.17) is 9.47 Å². The molecule has 46 heavy (non-hydrogen) atoms. The van der Waals surface area contributed by atoms with Gasteiger partial charge in [-0.3, -0.25) is 9.36 Å². The molecule has 0 fully saturated rings. The van der Waals surface area contributed by atoms with Gasteiger partial charge in [0.05, 0.1) is 31.8 Å². The monoisotopic (exact) mass is 661 g/mol. The molecule has 2 heterocycles. The first-order valence-electron chi connectivity index (χ1n) is 14.3. The molecule has 0 bridgehead atoms. The molecule has 2 aromatic heterocycles. The van der Waals surface area contributed by atoms with Gasteiger partial charge in [-0.05, 0) is 54.1 Å². The van der Waals surface area contributed by atoms with Crippen molar-refractivity contribution in [1.29, 1.82) is 0 Å². The van der Waals surface area contributed by atoms with Crippen LogP contribution in [0.1, 0.15) is 16.7 Å². The summed E-state index contributed by atoms with van der Waals surface area (Å²) in [5, 5.41) is 2.40. The lowest BCUT2D eigenvalue weighted by molar-refractivity contribution is -0.686. The molecule has 2 N–H and O–H groups in total. The van der Waals surface area contributed by atoms with Gasteiger partial charge in [0.25, 0.3) is 5.56 Å². The SMILES string of the molecule is COc1ccc(-c2sc3c(c2C[NH2+]Cc2ccccc2)c(=O)n(-c2cccc(OC)c2)c(=O)n3Cc2c(F)cccc2F)cc1.[Cl-]. The van der Waals surface area contributed by atoms with Crippen LogP contribution in [0.4, 0.5) is 8.78 Å². The first-order valence-corrected chi connectivity index (χ1v) is 15.1. The fourth-order valence-electron chi connectivity index (χ4n) is 5.39. The second-order valence-corrected chi connectivity index (χ2v) is 11.4. The summed E-state index contributed by atoms with van der Waals surface area (Å²) in [7, 11) is 3.07. The highest BCUT2D eigenvalue weighted by atomic mass is 35.5. The van der Waals surface area contributed by atoms with Crippen molar-refractivity contribution in [3.05, 3.63) is 146 Å². The Kier molecular flexibility index (Phi) is 10.0. The van der Waals surface area contributed by atoms with Gasteiger partial charge in [0.2, 0.25) is 0 Å². The molecule has 4 aromatic carbocycles. The maximum atomic E-state index is 15.0. The number of aromatic nitrogens is 2. The summed E-state index contributed by atoms with van der Waals surface area (Å²) in [6.07, 6.45) is 0. The molecule has 7 nitrogen and oxygen atoms in total. The number of rotatable bonds is 10. The molecule has 0 amide bonds. The van der Waals surface area contributed by atoms with Crippen molar-refractivity contribution in [3.63, 3.8) is 0 Å². The molecule has 0 saturated heterocycles. The van der Waals surface area contributed by atoms with E-state index in [-0.39, 0.29) is 23.7 Å². The summed E-state index contributed by atoms with van der Waals surface area (Å²) in [4.78, 5) is 29.7. The highest BCUT2D eigenvalue weighted by Gasteiger charge is 2.26. The van der Waals surface area contributed by atoms with Crippen LogP contribution in [-0.2, 0) is 19.6 Å². The third kappa shape index (κ3) is 6.32. The van der Waals surface area contributed by atoms with Crippen molar-refractivity contribution in [3.8, 4) is 27.6 Å². The summed E-state index contributed by atoms with van der Waals surface area (Å²) in [6, 6.07) is 27.6. The average Bonchev–Trinajstić information content (AvgIpc) is 3.44. The van der Waals surface area contributed by atoms with Crippen molar-refractivity contribution in [1.82, 2.24) is 9.13 Å². The zero-order valence-electron chi connectivity index (χ0n) is 25.0. The molecule has 236 valence electrons. The topological polar surface area (TPSA) is 79.1 Å². The third-order valence-electron chi connectivity index (χ3n) is 7.69. The van der Waals surface area contributed by atoms with E-state index < -0.39 is 29.4 Å². The van der Waals surface area contributed by atoms with Crippen LogP contribution in [-0.4, -0.2) is 23.4 Å². The van der Waals surface area contributed by atoms with Gasteiger partial charge in [0.1, 0.15) is 41.1 Å². The number of thiophene rings is 1. The standard InChI is InChI=1S/C35H29F2N3O4S.ClH/c1-43-25-16-14-23(15-17-25)32-27(20-38-19-22-8-4-3-5-9-22)31-33(41)40(24-10-6-11-26(18-24)44-2)35(42)39(34(31)45-32)21-28-29(36)12-7-13-30(28)37;/h3-18,38H,19-21H2,1-2H3;1H. The van der Waals surface area contributed by atoms with Gasteiger partial charge in [0, 0.05) is 27.6 Å². The van der Waals surface area contributed by atoms with E-state index in [1.54, 1.807) is 31.4 Å². The van der Waals surface area contributed by atoms with Gasteiger partial charge in [0.15, 0.2) is 0 Å². The smallest absolute Gasteiger partial charge is 0.337 e. The zero-order chi connectivity index (χ0) is 31.5. The van der Waals surface area contributed by atoms with Gasteiger partial charge in [-0.1, -0.05) is 42.5 Å². The molecule has 0 saturated carbocycles. The molecule has 6 aromatic rings. The maximum Gasteiger partial charge on any atom is 0.337 e. The number of methoxy groups -OCH3 is 2. The normalized spacial score (nSPS) is 11.0. The minimum atomic E-state index is -0.780. The van der Waals surface area contributed by atoms with Crippen LogP contribution in [0.15, 0.2) is 107 Å². The van der Waals surface area contributed by atoms with Gasteiger partial charge < -0.3 is 27.2 Å². The lowest BCUT2D eigenvalue weighted by atomic mass is 10.1. The number of halogens is 3. The molecule has 0 aliphatic heterocycles. The first-order chi connectivity index (χ1) is 21.9. The Morgan fingerprint density at radius 1 is 0.761 bits per heavy atom. The number of quaternary nitrogens is 1. The van der Waals surface area contributed by atoms with Crippen molar-refractivity contribution in [2.45, 2.75) is 19.6 Å². The van der Waals surface area contributed by atoms with Crippen molar-refractivity contribution in [2.24, 2.45) is 0 Å². The fraction of sp³-hybridized carbons (Fsp3) is 0.143. The molecule has 0 unspecified atom stereocenters. The van der Waals surface area contributed by atoms with Crippen LogP contribution >= 0.6 is 11.3 Å². The summed E-state index contributed by atoms with van der Waals surface area (Å²) in [5.74, 6) is -0.439. The maximum absolute atomic E-state index is 15.0. The highest BCUT2D eigenvalue weighted by molar-refractivity contribution is 7.22. The Balaban J connectivity index is 0.00000417. The molecular weight excluding hydrogens is 632 g/mol. The van der Waals surface area contributed by atoms with Crippen molar-refractivity contribution < 1.29 is 36.0 Å². The van der Waals surface area contributed by atoms with Gasteiger partial charge in [-0.25, -0.2) is 18.1 Å². The molecule has 0 atom stereocenters. The Morgan fingerprint density at radius 2 is 1.43 bits per heavy atom. The average molecular weight is 662 g/mol. The predicted molar refractivity (Wildman–Crippen MR) is 171 cm³/mol. The van der Waals surface area contributed by atoms with E-state index >= 15 is 0 Å². The van der Waals surface area contributed by atoms with E-state index in [2.05, 4.69) is 5.32 Å². The van der Waals surface area contributed by atoms with E-state index in [1.165, 1.54) is 29.1 Å². The van der Waals surface area contributed by atoms with Crippen LogP contribution in [0, 0.1) is 11.6 Å². The number of benzene rings is 4. The highest BCUT2D eigenvalue weighted by Crippen LogP contribution is 2.38. The minimum Gasteiger partial charge on any atom is -1.00 e. The minimum absolute atomic E-state index is 0. The van der Waals surface area contributed by atoms with Gasteiger partial charge >= 0.3 is 5.69 Å². The number of hydrogen-bond donors (Lipinski definition) is 1. The van der Waals surface area contributed by atoms with Crippen LogP contribution in [0.25, 0.3) is 26.3 Å². The molecule has 0 spiro atoms. The molecular formula is C35H30ClF2N3O4S. The summed E-state index contributed by atoms with van der Waals surface area (Å²) >= 11 is 1.25. The van der Waals surface area contributed by atoms with E-state index in [1.807, 2.05) is 54.6 Å². The Hall–Kier alpha value is -4.77.